The third-order valence-electron chi connectivity index (χ3n) is 2.89. The van der Waals surface area contributed by atoms with Crippen LogP contribution in [0.25, 0.3) is 10.8 Å². The minimum Gasteiger partial charge on any atom is -0.467 e. The Balaban J connectivity index is 1.90. The van der Waals surface area contributed by atoms with E-state index in [0.717, 1.165) is 27.9 Å². The summed E-state index contributed by atoms with van der Waals surface area (Å²) in [5.41, 5.74) is 7.78. The molecule has 0 saturated heterocycles. The van der Waals surface area contributed by atoms with Crippen LogP contribution in [0.15, 0.2) is 53.4 Å². The number of nitrogens with zero attached hydrogens (tertiary/aromatic N) is 1. The fourth-order valence-corrected chi connectivity index (χ4v) is 1.94. The van der Waals surface area contributed by atoms with Crippen molar-refractivity contribution >= 4 is 22.1 Å². The molecule has 1 aromatic carbocycles. The van der Waals surface area contributed by atoms with Gasteiger partial charge < -0.3 is 15.5 Å². The van der Waals surface area contributed by atoms with Crippen molar-refractivity contribution in [3.05, 3.63) is 54.7 Å². The molecule has 0 aliphatic carbocycles. The van der Waals surface area contributed by atoms with Gasteiger partial charge >= 0.3 is 0 Å². The van der Waals surface area contributed by atoms with Gasteiger partial charge in [0.15, 0.2) is 0 Å². The summed E-state index contributed by atoms with van der Waals surface area (Å²) in [7, 11) is 0. The van der Waals surface area contributed by atoms with Gasteiger partial charge in [-0.15, -0.1) is 0 Å². The number of anilines is 2. The molecular weight excluding hydrogens is 226 g/mol. The summed E-state index contributed by atoms with van der Waals surface area (Å²) in [6, 6.07) is 9.68. The molecule has 0 bridgehead atoms. The Hall–Kier alpha value is -2.49. The maximum Gasteiger partial charge on any atom is 0.122 e. The molecule has 4 heteroatoms. The van der Waals surface area contributed by atoms with Crippen molar-refractivity contribution in [1.82, 2.24) is 4.98 Å². The largest absolute Gasteiger partial charge is 0.467 e. The first-order chi connectivity index (χ1) is 8.84. The molecule has 0 unspecified atom stereocenters. The van der Waals surface area contributed by atoms with Gasteiger partial charge in [0.25, 0.3) is 0 Å². The third-order valence-corrected chi connectivity index (χ3v) is 2.89. The molecule has 3 rings (SSSR count). The fraction of sp³-hybridized carbons (Fsp3) is 0.0714. The standard InChI is InChI=1S/C14H13N3O/c15-14-12-5-6-16-8-10(12)3-4-13(14)17-9-11-2-1-7-18-11/h1-8,17H,9,15H2. The lowest BCUT2D eigenvalue weighted by Crippen LogP contribution is -2.02. The van der Waals surface area contributed by atoms with E-state index >= 15 is 0 Å². The highest BCUT2D eigenvalue weighted by molar-refractivity contribution is 5.98. The second kappa shape index (κ2) is 4.41. The number of benzene rings is 1. The van der Waals surface area contributed by atoms with E-state index < -0.39 is 0 Å². The van der Waals surface area contributed by atoms with E-state index in [1.54, 1.807) is 12.5 Å². The topological polar surface area (TPSA) is 64.1 Å². The molecule has 0 spiro atoms. The average Bonchev–Trinajstić information content (AvgIpc) is 2.91. The molecule has 0 aliphatic rings. The first-order valence-electron chi connectivity index (χ1n) is 5.73. The van der Waals surface area contributed by atoms with E-state index in [2.05, 4.69) is 10.3 Å². The maximum atomic E-state index is 6.14. The quantitative estimate of drug-likeness (QED) is 0.689. The van der Waals surface area contributed by atoms with Crippen molar-refractivity contribution in [1.29, 1.82) is 0 Å². The summed E-state index contributed by atoms with van der Waals surface area (Å²) < 4.78 is 5.27. The number of fused-ring (bicyclic) bond motifs is 1. The molecule has 2 heterocycles. The lowest BCUT2D eigenvalue weighted by atomic mass is 10.1. The molecular formula is C14H13N3O. The summed E-state index contributed by atoms with van der Waals surface area (Å²) >= 11 is 0. The van der Waals surface area contributed by atoms with Gasteiger partial charge in [0.1, 0.15) is 5.76 Å². The number of nitrogens with two attached hydrogens (primary N) is 1. The highest BCUT2D eigenvalue weighted by atomic mass is 16.3. The van der Waals surface area contributed by atoms with Crippen LogP contribution in [0.2, 0.25) is 0 Å². The molecule has 4 nitrogen and oxygen atoms in total. The molecule has 0 atom stereocenters. The third kappa shape index (κ3) is 1.88. The number of pyridine rings is 1. The van der Waals surface area contributed by atoms with Crippen LogP contribution in [0, 0.1) is 0 Å². The smallest absolute Gasteiger partial charge is 0.122 e. The summed E-state index contributed by atoms with van der Waals surface area (Å²) in [6.07, 6.45) is 5.21. The van der Waals surface area contributed by atoms with Crippen LogP contribution in [0.4, 0.5) is 11.4 Å². The molecule has 0 amide bonds. The van der Waals surface area contributed by atoms with Crippen molar-refractivity contribution < 1.29 is 4.42 Å². The van der Waals surface area contributed by atoms with Crippen LogP contribution in [-0.4, -0.2) is 4.98 Å². The van der Waals surface area contributed by atoms with E-state index in [9.17, 15) is 0 Å². The second-order valence-electron chi connectivity index (χ2n) is 4.06. The SMILES string of the molecule is Nc1c(NCc2ccco2)ccc2cnccc12. The maximum absolute atomic E-state index is 6.14. The van der Waals surface area contributed by atoms with Crippen LogP contribution < -0.4 is 11.1 Å². The molecule has 3 aromatic rings. The molecule has 90 valence electrons. The minimum atomic E-state index is 0.619. The predicted octanol–water partition coefficient (Wildman–Crippen LogP) is 3.02. The summed E-state index contributed by atoms with van der Waals surface area (Å²) in [5, 5.41) is 5.32. The highest BCUT2D eigenvalue weighted by Crippen LogP contribution is 2.28. The summed E-state index contributed by atoms with van der Waals surface area (Å²) in [6.45, 7) is 0.619. The van der Waals surface area contributed by atoms with Crippen LogP contribution in [0.1, 0.15) is 5.76 Å². The number of nitrogen functional groups attached to an aromatic ring is 1. The monoisotopic (exact) mass is 239 g/mol. The Labute approximate surface area is 104 Å². The van der Waals surface area contributed by atoms with Gasteiger partial charge in [-0.3, -0.25) is 4.98 Å². The molecule has 18 heavy (non-hydrogen) atoms. The van der Waals surface area contributed by atoms with E-state index in [0.29, 0.717) is 6.54 Å². The summed E-state index contributed by atoms with van der Waals surface area (Å²) in [5.74, 6) is 0.879. The van der Waals surface area contributed by atoms with Gasteiger partial charge in [-0.25, -0.2) is 0 Å². The predicted molar refractivity (Wildman–Crippen MR) is 72.2 cm³/mol. The Kier molecular flexibility index (Phi) is 2.61. The van der Waals surface area contributed by atoms with Crippen molar-refractivity contribution in [2.24, 2.45) is 0 Å². The van der Waals surface area contributed by atoms with Crippen LogP contribution >= 0.6 is 0 Å². The normalized spacial score (nSPS) is 10.7. The molecule has 0 radical (unpaired) electrons. The lowest BCUT2D eigenvalue weighted by Gasteiger charge is -2.10. The Bertz CT molecular complexity index is 662. The van der Waals surface area contributed by atoms with Crippen LogP contribution in [0.5, 0.6) is 0 Å². The zero-order valence-electron chi connectivity index (χ0n) is 9.76. The van der Waals surface area contributed by atoms with Crippen molar-refractivity contribution in [2.45, 2.75) is 6.54 Å². The zero-order valence-corrected chi connectivity index (χ0v) is 9.76. The van der Waals surface area contributed by atoms with Crippen LogP contribution in [0.3, 0.4) is 0 Å². The molecule has 2 aromatic heterocycles. The van der Waals surface area contributed by atoms with Crippen molar-refractivity contribution in [3.8, 4) is 0 Å². The lowest BCUT2D eigenvalue weighted by molar-refractivity contribution is 0.518. The Morgan fingerprint density at radius 2 is 2.17 bits per heavy atom. The van der Waals surface area contributed by atoms with Gasteiger partial charge in [-0.05, 0) is 24.3 Å². The zero-order chi connectivity index (χ0) is 12.4. The number of rotatable bonds is 3. The first-order valence-corrected chi connectivity index (χ1v) is 5.73. The van der Waals surface area contributed by atoms with Gasteiger partial charge in [-0.2, -0.15) is 0 Å². The van der Waals surface area contributed by atoms with Gasteiger partial charge in [0, 0.05) is 23.2 Å². The number of hydrogen-bond acceptors (Lipinski definition) is 4. The van der Waals surface area contributed by atoms with Gasteiger partial charge in [0.05, 0.1) is 24.2 Å². The average molecular weight is 239 g/mol. The highest BCUT2D eigenvalue weighted by Gasteiger charge is 2.04. The minimum absolute atomic E-state index is 0.619. The van der Waals surface area contributed by atoms with E-state index in [-0.39, 0.29) is 0 Å². The van der Waals surface area contributed by atoms with E-state index in [4.69, 9.17) is 10.2 Å². The van der Waals surface area contributed by atoms with Crippen LogP contribution in [-0.2, 0) is 6.54 Å². The van der Waals surface area contributed by atoms with Gasteiger partial charge in [0.2, 0.25) is 0 Å². The second-order valence-corrected chi connectivity index (χ2v) is 4.06. The fourth-order valence-electron chi connectivity index (χ4n) is 1.94. The van der Waals surface area contributed by atoms with E-state index in [1.165, 1.54) is 0 Å². The molecule has 0 saturated carbocycles. The number of nitrogens with one attached hydrogen (secondary N) is 1. The number of furan rings is 1. The van der Waals surface area contributed by atoms with Crippen molar-refractivity contribution in [3.63, 3.8) is 0 Å². The van der Waals surface area contributed by atoms with Gasteiger partial charge in [-0.1, -0.05) is 6.07 Å². The number of hydrogen-bond donors (Lipinski definition) is 2. The Morgan fingerprint density at radius 3 is 3.00 bits per heavy atom. The Morgan fingerprint density at radius 1 is 1.22 bits per heavy atom. The number of aromatic nitrogens is 1. The van der Waals surface area contributed by atoms with Crippen molar-refractivity contribution in [2.75, 3.05) is 11.1 Å². The van der Waals surface area contributed by atoms with E-state index in [1.807, 2.05) is 36.5 Å². The summed E-state index contributed by atoms with van der Waals surface area (Å²) in [4.78, 5) is 4.08. The molecule has 3 N–H and O–H groups in total. The molecule has 0 aliphatic heterocycles. The molecule has 0 fully saturated rings. The first kappa shape index (κ1) is 10.7.